The van der Waals surface area contributed by atoms with E-state index in [2.05, 4.69) is 15.5 Å². The maximum atomic E-state index is 12.2. The summed E-state index contributed by atoms with van der Waals surface area (Å²) in [5.74, 6) is 1.92. The highest BCUT2D eigenvalue weighted by atomic mass is 35.5. The summed E-state index contributed by atoms with van der Waals surface area (Å²) < 4.78 is 16.6. The molecule has 1 N–H and O–H groups in total. The lowest BCUT2D eigenvalue weighted by Crippen LogP contribution is -2.39. The van der Waals surface area contributed by atoms with Gasteiger partial charge in [0.1, 0.15) is 11.5 Å². The van der Waals surface area contributed by atoms with E-state index in [1.165, 1.54) is 0 Å². The van der Waals surface area contributed by atoms with Crippen LogP contribution in [0.2, 0.25) is 10.0 Å². The number of carbonyl (C=O) groups excluding carboxylic acids is 1. The lowest BCUT2D eigenvalue weighted by molar-refractivity contribution is -0.122. The molecule has 1 aliphatic rings. The second-order valence-electron chi connectivity index (χ2n) is 7.77. The number of benzene rings is 2. The van der Waals surface area contributed by atoms with E-state index in [1.54, 1.807) is 42.5 Å². The predicted octanol–water partition coefficient (Wildman–Crippen LogP) is 5.00. The van der Waals surface area contributed by atoms with Crippen molar-refractivity contribution < 1.29 is 18.8 Å². The van der Waals surface area contributed by atoms with E-state index < -0.39 is 5.41 Å². The molecule has 4 rings (SSSR count). The number of allylic oxidation sites excluding steroid dienone is 2. The molecule has 9 heteroatoms. The molecule has 1 unspecified atom stereocenters. The summed E-state index contributed by atoms with van der Waals surface area (Å²) in [6, 6.07) is 12.3. The van der Waals surface area contributed by atoms with E-state index in [4.69, 9.17) is 37.2 Å². The van der Waals surface area contributed by atoms with Crippen molar-refractivity contribution >= 4 is 29.1 Å². The Kier molecular flexibility index (Phi) is 6.39. The monoisotopic (exact) mass is 473 g/mol. The van der Waals surface area contributed by atoms with Crippen LogP contribution in [0, 0.1) is 6.92 Å². The van der Waals surface area contributed by atoms with Crippen LogP contribution in [0.3, 0.4) is 0 Å². The zero-order valence-electron chi connectivity index (χ0n) is 17.5. The summed E-state index contributed by atoms with van der Waals surface area (Å²) in [4.78, 5) is 16.6. The Hall–Kier alpha value is -3.03. The van der Waals surface area contributed by atoms with Crippen molar-refractivity contribution in [3.05, 3.63) is 81.6 Å². The SMILES string of the molecule is Cc1cc(OCC(=O)NC2=CC(C)(c3nc(COc4ccc(Cl)cc4)no3)C2)ccc1Cl. The van der Waals surface area contributed by atoms with Gasteiger partial charge in [-0.2, -0.15) is 4.98 Å². The smallest absolute Gasteiger partial charge is 0.262 e. The molecular weight excluding hydrogens is 453 g/mol. The minimum atomic E-state index is -0.442. The van der Waals surface area contributed by atoms with Crippen molar-refractivity contribution in [2.75, 3.05) is 6.61 Å². The summed E-state index contributed by atoms with van der Waals surface area (Å²) in [5.41, 5.74) is 1.23. The fraction of sp³-hybridized carbons (Fsp3) is 0.261. The highest BCUT2D eigenvalue weighted by molar-refractivity contribution is 6.31. The van der Waals surface area contributed by atoms with Crippen molar-refractivity contribution in [3.8, 4) is 11.5 Å². The average Bonchev–Trinajstić information content (AvgIpc) is 3.22. The van der Waals surface area contributed by atoms with Crippen molar-refractivity contribution in [1.29, 1.82) is 0 Å². The third-order valence-electron chi connectivity index (χ3n) is 4.99. The fourth-order valence-corrected chi connectivity index (χ4v) is 3.51. The predicted molar refractivity (Wildman–Crippen MR) is 120 cm³/mol. The molecule has 1 heterocycles. The van der Waals surface area contributed by atoms with Gasteiger partial charge >= 0.3 is 0 Å². The number of nitrogens with one attached hydrogen (secondary N) is 1. The van der Waals surface area contributed by atoms with Crippen LogP contribution in [0.1, 0.15) is 30.6 Å². The Labute approximate surface area is 195 Å². The van der Waals surface area contributed by atoms with E-state index in [0.29, 0.717) is 39.7 Å². The van der Waals surface area contributed by atoms with E-state index in [9.17, 15) is 4.79 Å². The standard InChI is InChI=1S/C23H21Cl2N3O4/c1-14-9-18(7-8-19(14)25)31-13-21(29)26-16-10-23(2,11-16)22-27-20(28-32-22)12-30-17-5-3-15(24)4-6-17/h3-10H,11-13H2,1-2H3,(H,26,29). The number of rotatable bonds is 8. The molecule has 0 saturated carbocycles. The van der Waals surface area contributed by atoms with Crippen LogP contribution in [0.5, 0.6) is 11.5 Å². The number of halogens is 2. The van der Waals surface area contributed by atoms with Crippen LogP contribution >= 0.6 is 23.2 Å². The molecule has 1 atom stereocenters. The Balaban J connectivity index is 1.27. The minimum Gasteiger partial charge on any atom is -0.485 e. The number of aromatic nitrogens is 2. The fourth-order valence-electron chi connectivity index (χ4n) is 3.26. The van der Waals surface area contributed by atoms with Gasteiger partial charge in [-0.05, 0) is 68.0 Å². The molecule has 0 bridgehead atoms. The molecule has 1 aromatic heterocycles. The first kappa shape index (κ1) is 22.2. The Bertz CT molecular complexity index is 1160. The summed E-state index contributed by atoms with van der Waals surface area (Å²) in [6.45, 7) is 3.92. The van der Waals surface area contributed by atoms with Gasteiger partial charge in [0.05, 0.1) is 5.41 Å². The van der Waals surface area contributed by atoms with Crippen LogP contribution < -0.4 is 14.8 Å². The van der Waals surface area contributed by atoms with Gasteiger partial charge in [0.25, 0.3) is 5.91 Å². The molecular formula is C23H21Cl2N3O4. The van der Waals surface area contributed by atoms with Crippen LogP contribution in [-0.2, 0) is 16.8 Å². The van der Waals surface area contributed by atoms with Gasteiger partial charge in [0.15, 0.2) is 13.2 Å². The average molecular weight is 474 g/mol. The molecule has 0 aliphatic heterocycles. The Morgan fingerprint density at radius 1 is 1.16 bits per heavy atom. The Morgan fingerprint density at radius 3 is 2.59 bits per heavy atom. The highest BCUT2D eigenvalue weighted by Crippen LogP contribution is 2.39. The molecule has 0 spiro atoms. The van der Waals surface area contributed by atoms with Gasteiger partial charge in [0, 0.05) is 22.2 Å². The van der Waals surface area contributed by atoms with Crippen LogP contribution in [0.15, 0.2) is 58.8 Å². The molecule has 3 aromatic rings. The molecule has 1 amide bonds. The van der Waals surface area contributed by atoms with E-state index in [0.717, 1.165) is 11.3 Å². The molecule has 166 valence electrons. The van der Waals surface area contributed by atoms with E-state index >= 15 is 0 Å². The first-order valence-electron chi connectivity index (χ1n) is 9.93. The number of carbonyl (C=O) groups is 1. The molecule has 7 nitrogen and oxygen atoms in total. The maximum Gasteiger partial charge on any atom is 0.262 e. The Morgan fingerprint density at radius 2 is 1.88 bits per heavy atom. The number of ether oxygens (including phenoxy) is 2. The van der Waals surface area contributed by atoms with Gasteiger partial charge in [0.2, 0.25) is 11.7 Å². The van der Waals surface area contributed by atoms with Crippen molar-refractivity contribution in [2.45, 2.75) is 32.3 Å². The molecule has 0 fully saturated rings. The molecule has 1 aliphatic carbocycles. The largest absolute Gasteiger partial charge is 0.485 e. The second-order valence-corrected chi connectivity index (χ2v) is 8.61. The summed E-state index contributed by atoms with van der Waals surface area (Å²) in [5, 5.41) is 8.11. The minimum absolute atomic E-state index is 0.0954. The highest BCUT2D eigenvalue weighted by Gasteiger charge is 2.39. The summed E-state index contributed by atoms with van der Waals surface area (Å²) in [6.07, 6.45) is 2.47. The zero-order valence-corrected chi connectivity index (χ0v) is 19.0. The lowest BCUT2D eigenvalue weighted by atomic mass is 9.75. The third kappa shape index (κ3) is 5.23. The molecule has 0 radical (unpaired) electrons. The molecule has 0 saturated heterocycles. The van der Waals surface area contributed by atoms with Crippen molar-refractivity contribution in [2.24, 2.45) is 0 Å². The number of nitrogens with zero attached hydrogens (tertiary/aromatic N) is 2. The van der Waals surface area contributed by atoms with Crippen LogP contribution in [0.4, 0.5) is 0 Å². The first-order chi connectivity index (χ1) is 15.3. The number of aryl methyl sites for hydroxylation is 1. The van der Waals surface area contributed by atoms with E-state index in [1.807, 2.05) is 19.9 Å². The summed E-state index contributed by atoms with van der Waals surface area (Å²) in [7, 11) is 0. The molecule has 2 aromatic carbocycles. The summed E-state index contributed by atoms with van der Waals surface area (Å²) >= 11 is 11.9. The topological polar surface area (TPSA) is 86.5 Å². The number of hydrogen-bond donors (Lipinski definition) is 1. The zero-order chi connectivity index (χ0) is 22.7. The van der Waals surface area contributed by atoms with Crippen molar-refractivity contribution in [3.63, 3.8) is 0 Å². The van der Waals surface area contributed by atoms with Gasteiger partial charge in [-0.3, -0.25) is 4.79 Å². The van der Waals surface area contributed by atoms with Crippen molar-refractivity contribution in [1.82, 2.24) is 15.5 Å². The van der Waals surface area contributed by atoms with Crippen LogP contribution in [-0.4, -0.2) is 22.7 Å². The third-order valence-corrected chi connectivity index (χ3v) is 5.66. The molecule has 32 heavy (non-hydrogen) atoms. The maximum absolute atomic E-state index is 12.2. The first-order valence-corrected chi connectivity index (χ1v) is 10.7. The second kappa shape index (κ2) is 9.22. The van der Waals surface area contributed by atoms with Gasteiger partial charge < -0.3 is 19.3 Å². The number of hydrogen-bond acceptors (Lipinski definition) is 6. The lowest BCUT2D eigenvalue weighted by Gasteiger charge is -2.33. The normalized spacial score (nSPS) is 17.3. The van der Waals surface area contributed by atoms with Crippen LogP contribution in [0.25, 0.3) is 0 Å². The van der Waals surface area contributed by atoms with Gasteiger partial charge in [-0.1, -0.05) is 28.4 Å². The van der Waals surface area contributed by atoms with Gasteiger partial charge in [-0.25, -0.2) is 0 Å². The van der Waals surface area contributed by atoms with E-state index in [-0.39, 0.29) is 19.1 Å². The van der Waals surface area contributed by atoms with Gasteiger partial charge in [-0.15, -0.1) is 0 Å². The number of amides is 1. The quantitative estimate of drug-likeness (QED) is 0.494.